The molecule has 3 aromatic rings. The van der Waals surface area contributed by atoms with E-state index in [1.807, 2.05) is 0 Å². The number of piperidine rings is 1. The number of rotatable bonds is 9. The summed E-state index contributed by atoms with van der Waals surface area (Å²) in [6, 6.07) is 13.8. The van der Waals surface area contributed by atoms with Crippen LogP contribution in [0.25, 0.3) is 10.8 Å². The first-order chi connectivity index (χ1) is 17.2. The van der Waals surface area contributed by atoms with Crippen molar-refractivity contribution in [1.82, 2.24) is 4.90 Å². The van der Waals surface area contributed by atoms with E-state index in [9.17, 15) is 21.6 Å². The number of halogens is 4. The molecule has 0 spiro atoms. The van der Waals surface area contributed by atoms with Gasteiger partial charge < -0.3 is 18.4 Å². The molecule has 0 unspecified atom stereocenters. The molecule has 1 saturated heterocycles. The number of hydrogen-bond donors (Lipinski definition) is 0. The summed E-state index contributed by atoms with van der Waals surface area (Å²) in [6.07, 6.45) is 3.66. The van der Waals surface area contributed by atoms with Crippen LogP contribution in [0.1, 0.15) is 19.3 Å². The van der Waals surface area contributed by atoms with Gasteiger partial charge in [0.15, 0.2) is 11.5 Å². The van der Waals surface area contributed by atoms with Crippen molar-refractivity contribution < 1.29 is 40.0 Å². The summed E-state index contributed by atoms with van der Waals surface area (Å²) in [4.78, 5) is 2.35. The molecule has 1 heterocycles. The van der Waals surface area contributed by atoms with Crippen molar-refractivity contribution in [2.75, 3.05) is 33.4 Å². The average molecular weight is 562 g/mol. The Kier molecular flexibility index (Phi) is 9.38. The van der Waals surface area contributed by atoms with Gasteiger partial charge in [-0.05, 0) is 79.8 Å². The predicted octanol–water partition coefficient (Wildman–Crippen LogP) is 6.16. The molecule has 0 saturated carbocycles. The Morgan fingerprint density at radius 1 is 0.892 bits per heavy atom. The topological polar surface area (TPSA) is 74.3 Å². The smallest absolute Gasteiger partial charge is 0.497 e. The predicted molar refractivity (Wildman–Crippen MR) is 136 cm³/mol. The van der Waals surface area contributed by atoms with Crippen LogP contribution in [-0.2, 0) is 10.1 Å². The van der Waals surface area contributed by atoms with Crippen LogP contribution in [-0.4, -0.2) is 52.2 Å². The van der Waals surface area contributed by atoms with Crippen LogP contribution in [0.3, 0.4) is 0 Å². The number of alkyl halides is 3. The van der Waals surface area contributed by atoms with Gasteiger partial charge in [0.1, 0.15) is 23.9 Å². The fourth-order valence-corrected chi connectivity index (χ4v) is 4.38. The van der Waals surface area contributed by atoms with E-state index in [1.165, 1.54) is 32.4 Å². The second kappa shape index (κ2) is 12.1. The molecule has 1 aliphatic heterocycles. The first-order valence-corrected chi connectivity index (χ1v) is 12.8. The van der Waals surface area contributed by atoms with Crippen LogP contribution in [0, 0.1) is 0 Å². The van der Waals surface area contributed by atoms with Gasteiger partial charge in [-0.2, -0.15) is 21.6 Å². The third-order valence-corrected chi connectivity index (χ3v) is 6.76. The summed E-state index contributed by atoms with van der Waals surface area (Å²) in [5, 5.41) is 0.895. The lowest BCUT2D eigenvalue weighted by Gasteiger charge is -2.26. The second-order valence-electron chi connectivity index (χ2n) is 8.29. The highest BCUT2D eigenvalue weighted by molar-refractivity contribution is 7.88. The first-order valence-electron chi connectivity index (χ1n) is 11.4. The number of methoxy groups -OCH3 is 1. The van der Waals surface area contributed by atoms with Gasteiger partial charge >= 0.3 is 15.6 Å². The van der Waals surface area contributed by atoms with Gasteiger partial charge in [0, 0.05) is 11.9 Å². The Bertz CT molecular complexity index is 1300. The zero-order valence-electron chi connectivity index (χ0n) is 20.0. The highest BCUT2D eigenvalue weighted by atomic mass is 35.5. The quantitative estimate of drug-likeness (QED) is 0.229. The van der Waals surface area contributed by atoms with Gasteiger partial charge in [0.25, 0.3) is 0 Å². The molecule has 0 aromatic heterocycles. The van der Waals surface area contributed by atoms with Gasteiger partial charge in [-0.3, -0.25) is 4.90 Å². The molecule has 0 N–H and O–H groups in total. The summed E-state index contributed by atoms with van der Waals surface area (Å²) in [5.74, 6) is 0.610. The Morgan fingerprint density at radius 2 is 1.54 bits per heavy atom. The van der Waals surface area contributed by atoms with E-state index in [1.54, 1.807) is 42.5 Å². The average Bonchev–Trinajstić information content (AvgIpc) is 2.86. The molecule has 0 amide bonds. The third-order valence-electron chi connectivity index (χ3n) is 5.79. The maximum absolute atomic E-state index is 13.0. The molecule has 0 bridgehead atoms. The standard InChI is InChI=1S/C25H26F3NO6S.ClH/c1-32-21-10-11-22-18(17-21)5-12-23(35-36(30,31)25(26,27)28)24(22)34-20-8-6-19(7-9-20)33-16-15-29-13-3-2-4-14-29;/h5-12,17H,2-4,13-16H2,1H3;1H. The molecule has 1 aliphatic rings. The van der Waals surface area contributed by atoms with Crippen molar-refractivity contribution >= 4 is 33.3 Å². The van der Waals surface area contributed by atoms with Crippen molar-refractivity contribution in [3.63, 3.8) is 0 Å². The summed E-state index contributed by atoms with van der Waals surface area (Å²) >= 11 is 0. The van der Waals surface area contributed by atoms with Gasteiger partial charge in [-0.25, -0.2) is 0 Å². The normalized spacial score (nSPS) is 14.6. The van der Waals surface area contributed by atoms with Gasteiger partial charge in [-0.15, -0.1) is 12.4 Å². The number of nitrogens with zero attached hydrogens (tertiary/aromatic N) is 1. The van der Waals surface area contributed by atoms with Crippen LogP contribution in [0.4, 0.5) is 13.2 Å². The summed E-state index contributed by atoms with van der Waals surface area (Å²) < 4.78 is 83.5. The lowest BCUT2D eigenvalue weighted by Crippen LogP contribution is -2.33. The fourth-order valence-electron chi connectivity index (χ4n) is 3.92. The van der Waals surface area contributed by atoms with E-state index in [0.29, 0.717) is 28.9 Å². The molecule has 0 atom stereocenters. The van der Waals surface area contributed by atoms with Crippen molar-refractivity contribution in [2.45, 2.75) is 24.8 Å². The van der Waals surface area contributed by atoms with Gasteiger partial charge in [0.05, 0.1) is 7.11 Å². The molecule has 202 valence electrons. The van der Waals surface area contributed by atoms with Crippen molar-refractivity contribution in [2.24, 2.45) is 0 Å². The Labute approximate surface area is 219 Å². The number of fused-ring (bicyclic) bond motifs is 1. The number of likely N-dealkylation sites (tertiary alicyclic amines) is 1. The largest absolute Gasteiger partial charge is 0.534 e. The van der Waals surface area contributed by atoms with Crippen molar-refractivity contribution in [3.8, 4) is 28.7 Å². The van der Waals surface area contributed by atoms with Crippen LogP contribution < -0.4 is 18.4 Å². The summed E-state index contributed by atoms with van der Waals surface area (Å²) in [7, 11) is -4.43. The summed E-state index contributed by atoms with van der Waals surface area (Å²) in [6.45, 7) is 3.49. The second-order valence-corrected chi connectivity index (χ2v) is 9.83. The molecule has 37 heavy (non-hydrogen) atoms. The lowest BCUT2D eigenvalue weighted by molar-refractivity contribution is -0.0500. The lowest BCUT2D eigenvalue weighted by atomic mass is 10.1. The van der Waals surface area contributed by atoms with Crippen LogP contribution in [0.5, 0.6) is 28.7 Å². The van der Waals surface area contributed by atoms with E-state index in [2.05, 4.69) is 9.08 Å². The Hall–Kier alpha value is -2.89. The van der Waals surface area contributed by atoms with Gasteiger partial charge in [0.2, 0.25) is 0 Å². The molecular weight excluding hydrogens is 535 g/mol. The molecular formula is C25H27ClF3NO6S. The molecule has 1 fully saturated rings. The maximum Gasteiger partial charge on any atom is 0.534 e. The minimum Gasteiger partial charge on any atom is -0.497 e. The zero-order chi connectivity index (χ0) is 25.8. The van der Waals surface area contributed by atoms with E-state index in [4.69, 9.17) is 14.2 Å². The third kappa shape index (κ3) is 7.12. The first kappa shape index (κ1) is 28.7. The van der Waals surface area contributed by atoms with E-state index in [-0.39, 0.29) is 23.9 Å². The van der Waals surface area contributed by atoms with Crippen molar-refractivity contribution in [3.05, 3.63) is 54.6 Å². The number of hydrogen-bond acceptors (Lipinski definition) is 7. The molecule has 4 rings (SSSR count). The molecule has 12 heteroatoms. The van der Waals surface area contributed by atoms with E-state index >= 15 is 0 Å². The fraction of sp³-hybridized carbons (Fsp3) is 0.360. The van der Waals surface area contributed by atoms with Gasteiger partial charge in [-0.1, -0.05) is 12.5 Å². The van der Waals surface area contributed by atoms with Crippen LogP contribution >= 0.6 is 12.4 Å². The molecule has 0 aliphatic carbocycles. The number of benzene rings is 3. The Morgan fingerprint density at radius 3 is 2.19 bits per heavy atom. The van der Waals surface area contributed by atoms with E-state index < -0.39 is 21.4 Å². The van der Waals surface area contributed by atoms with Crippen molar-refractivity contribution in [1.29, 1.82) is 0 Å². The Balaban J connectivity index is 0.00000380. The minimum absolute atomic E-state index is 0. The highest BCUT2D eigenvalue weighted by Gasteiger charge is 2.49. The SMILES string of the molecule is COc1ccc2c(Oc3ccc(OCCN4CCCCC4)cc3)c(OS(=O)(=O)C(F)(F)F)ccc2c1.Cl. The molecule has 0 radical (unpaired) electrons. The number of ether oxygens (including phenoxy) is 3. The molecule has 3 aromatic carbocycles. The maximum atomic E-state index is 13.0. The molecule has 7 nitrogen and oxygen atoms in total. The monoisotopic (exact) mass is 561 g/mol. The van der Waals surface area contributed by atoms with Crippen LogP contribution in [0.2, 0.25) is 0 Å². The minimum atomic E-state index is -5.90. The summed E-state index contributed by atoms with van der Waals surface area (Å²) in [5.41, 5.74) is -5.59. The van der Waals surface area contributed by atoms with Crippen LogP contribution in [0.15, 0.2) is 54.6 Å². The van der Waals surface area contributed by atoms with E-state index in [0.717, 1.165) is 25.7 Å². The zero-order valence-corrected chi connectivity index (χ0v) is 21.6. The highest BCUT2D eigenvalue weighted by Crippen LogP contribution is 2.42.